The average molecular weight is 251 g/mol. The summed E-state index contributed by atoms with van der Waals surface area (Å²) in [5.41, 5.74) is -0.0689. The lowest BCUT2D eigenvalue weighted by atomic mass is 10.2. The molecule has 0 amide bonds. The van der Waals surface area contributed by atoms with E-state index in [4.69, 9.17) is 10.2 Å². The molecule has 0 spiro atoms. The van der Waals surface area contributed by atoms with Crippen LogP contribution in [0, 0.1) is 10.1 Å². The number of carbonyl (C=O) groups is 1. The van der Waals surface area contributed by atoms with Crippen LogP contribution in [0.1, 0.15) is 23.2 Å². The standard InChI is InChI=1S/C7H5NO4.C5H8O/c9-7(10)5-1-3-6(4-2-5)8(11)12;6-5-3-1-2-4-5/h1-4H,(H,9,10);1-2,5-6H,3-4H2. The number of non-ortho nitro benzene ring substituents is 1. The zero-order valence-electron chi connectivity index (χ0n) is 9.52. The van der Waals surface area contributed by atoms with Gasteiger partial charge in [-0.3, -0.25) is 10.1 Å². The molecule has 2 N–H and O–H groups in total. The molecule has 1 aliphatic carbocycles. The molecule has 1 aromatic carbocycles. The predicted molar refractivity (Wildman–Crippen MR) is 64.4 cm³/mol. The Morgan fingerprint density at radius 3 is 2.00 bits per heavy atom. The third-order valence-corrected chi connectivity index (χ3v) is 2.31. The average Bonchev–Trinajstić information content (AvgIpc) is 2.81. The van der Waals surface area contributed by atoms with E-state index in [0.717, 1.165) is 25.0 Å². The van der Waals surface area contributed by atoms with Gasteiger partial charge < -0.3 is 10.2 Å². The minimum atomic E-state index is -1.09. The molecular formula is C12H13NO5. The van der Waals surface area contributed by atoms with Gasteiger partial charge in [-0.15, -0.1) is 0 Å². The zero-order valence-corrected chi connectivity index (χ0v) is 9.52. The summed E-state index contributed by atoms with van der Waals surface area (Å²) in [6.07, 6.45) is 5.67. The Bertz CT molecular complexity index is 411. The van der Waals surface area contributed by atoms with E-state index in [1.807, 2.05) is 12.2 Å². The Morgan fingerprint density at radius 2 is 1.72 bits per heavy atom. The van der Waals surface area contributed by atoms with Crippen molar-refractivity contribution in [3.63, 3.8) is 0 Å². The molecule has 96 valence electrons. The minimum Gasteiger partial charge on any atom is -0.478 e. The number of carboxylic acid groups (broad SMARTS) is 1. The molecule has 0 fully saturated rings. The number of nitro groups is 1. The van der Waals surface area contributed by atoms with E-state index in [0.29, 0.717) is 0 Å². The van der Waals surface area contributed by atoms with Crippen molar-refractivity contribution in [2.45, 2.75) is 18.9 Å². The number of aliphatic hydroxyl groups is 1. The molecule has 6 nitrogen and oxygen atoms in total. The number of benzene rings is 1. The second-order valence-corrected chi connectivity index (χ2v) is 3.71. The van der Waals surface area contributed by atoms with E-state index < -0.39 is 10.9 Å². The quantitative estimate of drug-likeness (QED) is 0.475. The topological polar surface area (TPSA) is 101 Å². The van der Waals surface area contributed by atoms with Gasteiger partial charge in [0.25, 0.3) is 5.69 Å². The van der Waals surface area contributed by atoms with Crippen LogP contribution in [-0.2, 0) is 0 Å². The maximum atomic E-state index is 10.3. The van der Waals surface area contributed by atoms with E-state index in [1.54, 1.807) is 0 Å². The van der Waals surface area contributed by atoms with E-state index in [9.17, 15) is 14.9 Å². The summed E-state index contributed by atoms with van der Waals surface area (Å²) in [4.78, 5) is 19.9. The van der Waals surface area contributed by atoms with Gasteiger partial charge in [-0.1, -0.05) is 12.2 Å². The first kappa shape index (κ1) is 13.9. The van der Waals surface area contributed by atoms with Crippen LogP contribution in [-0.4, -0.2) is 27.2 Å². The molecule has 6 heteroatoms. The maximum Gasteiger partial charge on any atom is 0.335 e. The third-order valence-electron chi connectivity index (χ3n) is 2.31. The highest BCUT2D eigenvalue weighted by atomic mass is 16.6. The first-order valence-corrected chi connectivity index (χ1v) is 5.31. The highest BCUT2D eigenvalue weighted by Gasteiger charge is 2.06. The van der Waals surface area contributed by atoms with Crippen molar-refractivity contribution in [2.24, 2.45) is 0 Å². The van der Waals surface area contributed by atoms with Crippen molar-refractivity contribution in [3.05, 3.63) is 52.1 Å². The van der Waals surface area contributed by atoms with Gasteiger partial charge >= 0.3 is 5.97 Å². The first-order valence-electron chi connectivity index (χ1n) is 5.31. The summed E-state index contributed by atoms with van der Waals surface area (Å²) < 4.78 is 0. The molecule has 2 rings (SSSR count). The fraction of sp³-hybridized carbons (Fsp3) is 0.250. The lowest BCUT2D eigenvalue weighted by Gasteiger charge is -1.92. The van der Waals surface area contributed by atoms with Crippen LogP contribution >= 0.6 is 0 Å². The van der Waals surface area contributed by atoms with Crippen molar-refractivity contribution in [2.75, 3.05) is 0 Å². The molecule has 0 bridgehead atoms. The van der Waals surface area contributed by atoms with Crippen LogP contribution in [0.15, 0.2) is 36.4 Å². The highest BCUT2D eigenvalue weighted by molar-refractivity contribution is 5.87. The Kier molecular flexibility index (Phi) is 5.01. The van der Waals surface area contributed by atoms with Gasteiger partial charge in [0.05, 0.1) is 16.6 Å². The second kappa shape index (κ2) is 6.51. The van der Waals surface area contributed by atoms with Gasteiger partial charge in [-0.25, -0.2) is 4.79 Å². The molecule has 0 saturated heterocycles. The number of hydrogen-bond donors (Lipinski definition) is 2. The number of rotatable bonds is 2. The van der Waals surface area contributed by atoms with E-state index >= 15 is 0 Å². The summed E-state index contributed by atoms with van der Waals surface area (Å²) in [5, 5.41) is 27.3. The molecule has 1 aromatic rings. The number of aliphatic hydroxyl groups excluding tert-OH is 1. The van der Waals surface area contributed by atoms with E-state index in [1.165, 1.54) is 12.1 Å². The normalized spacial score (nSPS) is 13.8. The van der Waals surface area contributed by atoms with Crippen LogP contribution in [0.2, 0.25) is 0 Å². The largest absolute Gasteiger partial charge is 0.478 e. The van der Waals surface area contributed by atoms with Crippen LogP contribution in [0.5, 0.6) is 0 Å². The van der Waals surface area contributed by atoms with Crippen molar-refractivity contribution < 1.29 is 19.9 Å². The number of carboxylic acids is 1. The molecule has 0 unspecified atom stereocenters. The molecule has 0 atom stereocenters. The summed E-state index contributed by atoms with van der Waals surface area (Å²) >= 11 is 0. The van der Waals surface area contributed by atoms with Gasteiger partial charge in [-0.05, 0) is 25.0 Å². The van der Waals surface area contributed by atoms with E-state index in [-0.39, 0.29) is 17.4 Å². The first-order chi connectivity index (χ1) is 8.50. The lowest BCUT2D eigenvalue weighted by Crippen LogP contribution is -1.96. The van der Waals surface area contributed by atoms with Crippen molar-refractivity contribution in [3.8, 4) is 0 Å². The van der Waals surface area contributed by atoms with Gasteiger partial charge in [0, 0.05) is 12.1 Å². The van der Waals surface area contributed by atoms with Crippen LogP contribution in [0.25, 0.3) is 0 Å². The number of nitro benzene ring substituents is 1. The SMILES string of the molecule is O=C(O)c1ccc([N+](=O)[O-])cc1.OC1CC=CC1. The van der Waals surface area contributed by atoms with Crippen LogP contribution in [0.3, 0.4) is 0 Å². The van der Waals surface area contributed by atoms with Crippen molar-refractivity contribution in [1.82, 2.24) is 0 Å². The molecule has 0 radical (unpaired) electrons. The van der Waals surface area contributed by atoms with Gasteiger partial charge in [0.2, 0.25) is 0 Å². The molecule has 18 heavy (non-hydrogen) atoms. The Hall–Kier alpha value is -2.21. The van der Waals surface area contributed by atoms with Gasteiger partial charge in [-0.2, -0.15) is 0 Å². The second-order valence-electron chi connectivity index (χ2n) is 3.71. The summed E-state index contributed by atoms with van der Waals surface area (Å²) in [7, 11) is 0. The Balaban J connectivity index is 0.000000225. The summed E-state index contributed by atoms with van der Waals surface area (Å²) in [6.45, 7) is 0. The molecule has 0 saturated carbocycles. The van der Waals surface area contributed by atoms with Crippen LogP contribution < -0.4 is 0 Å². The summed E-state index contributed by atoms with van der Waals surface area (Å²) in [5.74, 6) is -1.09. The molecule has 0 aromatic heterocycles. The fourth-order valence-corrected chi connectivity index (χ4v) is 1.33. The Labute approximate surface area is 103 Å². The zero-order chi connectivity index (χ0) is 13.5. The minimum absolute atomic E-state index is 0.0422. The molecule has 0 aliphatic heterocycles. The van der Waals surface area contributed by atoms with Crippen molar-refractivity contribution >= 4 is 11.7 Å². The summed E-state index contributed by atoms with van der Waals surface area (Å²) in [6, 6.07) is 4.70. The van der Waals surface area contributed by atoms with E-state index in [2.05, 4.69) is 0 Å². The smallest absolute Gasteiger partial charge is 0.335 e. The third kappa shape index (κ3) is 4.34. The van der Waals surface area contributed by atoms with Crippen molar-refractivity contribution in [1.29, 1.82) is 0 Å². The van der Waals surface area contributed by atoms with Crippen LogP contribution in [0.4, 0.5) is 5.69 Å². The van der Waals surface area contributed by atoms with Gasteiger partial charge in [0.1, 0.15) is 0 Å². The maximum absolute atomic E-state index is 10.3. The molecular weight excluding hydrogens is 238 g/mol. The number of nitrogens with zero attached hydrogens (tertiary/aromatic N) is 1. The lowest BCUT2D eigenvalue weighted by molar-refractivity contribution is -0.384. The predicted octanol–water partition coefficient (Wildman–Crippen LogP) is 1.99. The number of aromatic carboxylic acids is 1. The monoisotopic (exact) mass is 251 g/mol. The fourth-order valence-electron chi connectivity index (χ4n) is 1.33. The molecule has 1 aliphatic rings. The van der Waals surface area contributed by atoms with Gasteiger partial charge in [0.15, 0.2) is 0 Å². The highest BCUT2D eigenvalue weighted by Crippen LogP contribution is 2.11. The number of hydrogen-bond acceptors (Lipinski definition) is 4. The molecule has 0 heterocycles. The Morgan fingerprint density at radius 1 is 1.22 bits per heavy atom.